The molecule has 0 spiro atoms. The van der Waals surface area contributed by atoms with Crippen LogP contribution in [0.15, 0.2) is 0 Å². The molecule has 0 bridgehead atoms. The number of nitrogens with one attached hydrogen (secondary N) is 1. The Balaban J connectivity index is 1.71. The molecule has 2 rings (SSSR count). The van der Waals surface area contributed by atoms with Crippen LogP contribution in [0.2, 0.25) is 0 Å². The minimum atomic E-state index is -3.20. The van der Waals surface area contributed by atoms with Crippen LogP contribution < -0.4 is 5.32 Å². The van der Waals surface area contributed by atoms with Crippen molar-refractivity contribution in [1.29, 1.82) is 0 Å². The summed E-state index contributed by atoms with van der Waals surface area (Å²) < 4.78 is 25.9. The number of sulfonamides is 1. The number of carbonyl (C=O) groups is 1. The van der Waals surface area contributed by atoms with Crippen molar-refractivity contribution in [1.82, 2.24) is 14.5 Å². The molecule has 0 radical (unpaired) electrons. The fourth-order valence-corrected chi connectivity index (χ4v) is 5.51. The van der Waals surface area contributed by atoms with Crippen molar-refractivity contribution in [2.45, 2.75) is 64.8 Å². The molecule has 1 N–H and O–H groups in total. The van der Waals surface area contributed by atoms with Crippen LogP contribution in [-0.4, -0.2) is 68.0 Å². The summed E-state index contributed by atoms with van der Waals surface area (Å²) in [5, 5.41) is 3.02. The minimum Gasteiger partial charge on any atom is -0.356 e. The van der Waals surface area contributed by atoms with E-state index in [-0.39, 0.29) is 17.6 Å². The molecule has 0 aliphatic carbocycles. The molecule has 2 saturated heterocycles. The predicted octanol–water partition coefficient (Wildman–Crippen LogP) is 1.82. The first kappa shape index (κ1) is 20.6. The van der Waals surface area contributed by atoms with Gasteiger partial charge >= 0.3 is 0 Å². The molecule has 2 aliphatic heterocycles. The first-order valence-corrected chi connectivity index (χ1v) is 11.5. The highest BCUT2D eigenvalue weighted by Crippen LogP contribution is 2.20. The average Bonchev–Trinajstić information content (AvgIpc) is 2.60. The molecule has 146 valence electrons. The average molecular weight is 374 g/mol. The Kier molecular flexibility index (Phi) is 8.16. The predicted molar refractivity (Wildman–Crippen MR) is 101 cm³/mol. The molecule has 1 amide bonds. The molecule has 0 saturated carbocycles. The number of hydrogen-bond donors (Lipinski definition) is 1. The summed E-state index contributed by atoms with van der Waals surface area (Å²) in [6.45, 7) is 7.93. The number of hydrogen-bond acceptors (Lipinski definition) is 4. The maximum Gasteiger partial charge on any atom is 0.224 e. The molecular formula is C18H35N3O3S. The zero-order valence-corrected chi connectivity index (χ0v) is 16.7. The first-order chi connectivity index (χ1) is 11.9. The Morgan fingerprint density at radius 3 is 2.68 bits per heavy atom. The Hall–Kier alpha value is -0.660. The molecule has 0 aromatic carbocycles. The number of likely N-dealkylation sites (tertiary alicyclic amines) is 1. The van der Waals surface area contributed by atoms with E-state index in [4.69, 9.17) is 0 Å². The van der Waals surface area contributed by atoms with E-state index in [1.54, 1.807) is 0 Å². The summed E-state index contributed by atoms with van der Waals surface area (Å²) in [4.78, 5) is 14.9. The van der Waals surface area contributed by atoms with Crippen LogP contribution in [-0.2, 0) is 14.8 Å². The molecule has 2 fully saturated rings. The fraction of sp³-hybridized carbons (Fsp3) is 0.944. The standard InChI is InChI=1S/C18H35N3O3S/c1-3-14-25(23,24)21-13-6-9-17(15-21)18(22)19-10-7-12-20-11-5-4-8-16(20)2/h16-17H,3-15H2,1-2H3,(H,19,22)/t16-,17-/m0/s1. The highest BCUT2D eigenvalue weighted by Gasteiger charge is 2.31. The number of amides is 1. The van der Waals surface area contributed by atoms with Gasteiger partial charge in [0.05, 0.1) is 11.7 Å². The second kappa shape index (κ2) is 9.88. The molecule has 25 heavy (non-hydrogen) atoms. The highest BCUT2D eigenvalue weighted by atomic mass is 32.2. The SMILES string of the molecule is CCCS(=O)(=O)N1CCC[C@H](C(=O)NCCCN2CCCC[C@@H]2C)C1. The van der Waals surface area contributed by atoms with Crippen molar-refractivity contribution in [3.63, 3.8) is 0 Å². The lowest BCUT2D eigenvalue weighted by Crippen LogP contribution is -2.46. The van der Waals surface area contributed by atoms with Gasteiger partial charge in [-0.2, -0.15) is 0 Å². The van der Waals surface area contributed by atoms with Gasteiger partial charge in [0.25, 0.3) is 0 Å². The summed E-state index contributed by atoms with van der Waals surface area (Å²) >= 11 is 0. The molecule has 2 heterocycles. The largest absolute Gasteiger partial charge is 0.356 e. The van der Waals surface area contributed by atoms with Gasteiger partial charge < -0.3 is 10.2 Å². The third kappa shape index (κ3) is 6.22. The zero-order chi connectivity index (χ0) is 18.3. The van der Waals surface area contributed by atoms with Gasteiger partial charge in [-0.05, 0) is 52.0 Å². The van der Waals surface area contributed by atoms with Crippen LogP contribution in [0.1, 0.15) is 58.8 Å². The van der Waals surface area contributed by atoms with E-state index >= 15 is 0 Å². The quantitative estimate of drug-likeness (QED) is 0.659. The number of carbonyl (C=O) groups excluding carboxylic acids is 1. The topological polar surface area (TPSA) is 69.7 Å². The summed E-state index contributed by atoms with van der Waals surface area (Å²) in [5.41, 5.74) is 0. The number of nitrogens with zero attached hydrogens (tertiary/aromatic N) is 2. The number of piperidine rings is 2. The van der Waals surface area contributed by atoms with Gasteiger partial charge in [-0.3, -0.25) is 4.79 Å². The smallest absolute Gasteiger partial charge is 0.224 e. The fourth-order valence-electron chi connectivity index (χ4n) is 3.92. The zero-order valence-electron chi connectivity index (χ0n) is 15.9. The van der Waals surface area contributed by atoms with Crippen LogP contribution >= 0.6 is 0 Å². The molecule has 0 aromatic heterocycles. The van der Waals surface area contributed by atoms with Crippen LogP contribution in [0.3, 0.4) is 0 Å². The van der Waals surface area contributed by atoms with Crippen molar-refractivity contribution in [2.24, 2.45) is 5.92 Å². The lowest BCUT2D eigenvalue weighted by molar-refractivity contribution is -0.126. The van der Waals surface area contributed by atoms with Crippen LogP contribution in [0, 0.1) is 5.92 Å². The van der Waals surface area contributed by atoms with Crippen LogP contribution in [0.5, 0.6) is 0 Å². The van der Waals surface area contributed by atoms with Gasteiger partial charge in [0.2, 0.25) is 15.9 Å². The molecule has 7 heteroatoms. The van der Waals surface area contributed by atoms with Gasteiger partial charge in [-0.25, -0.2) is 12.7 Å². The van der Waals surface area contributed by atoms with Gasteiger partial charge in [-0.15, -0.1) is 0 Å². The minimum absolute atomic E-state index is 0.0168. The third-order valence-corrected chi connectivity index (χ3v) is 7.51. The number of rotatable bonds is 8. The second-order valence-corrected chi connectivity index (χ2v) is 9.63. The van der Waals surface area contributed by atoms with E-state index in [9.17, 15) is 13.2 Å². The molecular weight excluding hydrogens is 338 g/mol. The van der Waals surface area contributed by atoms with E-state index in [1.165, 1.54) is 30.1 Å². The molecule has 6 nitrogen and oxygen atoms in total. The Morgan fingerprint density at radius 2 is 1.96 bits per heavy atom. The molecule has 2 aliphatic rings. The van der Waals surface area contributed by atoms with Crippen molar-refractivity contribution in [2.75, 3.05) is 38.5 Å². The maximum atomic E-state index is 12.4. The first-order valence-electron chi connectivity index (χ1n) is 9.93. The van der Waals surface area contributed by atoms with Crippen LogP contribution in [0.25, 0.3) is 0 Å². The molecule has 0 unspecified atom stereocenters. The highest BCUT2D eigenvalue weighted by molar-refractivity contribution is 7.89. The van der Waals surface area contributed by atoms with E-state index in [2.05, 4.69) is 17.1 Å². The second-order valence-electron chi connectivity index (χ2n) is 7.54. The van der Waals surface area contributed by atoms with Crippen molar-refractivity contribution in [3.05, 3.63) is 0 Å². The Labute approximate surface area is 153 Å². The third-order valence-electron chi connectivity index (χ3n) is 5.47. The van der Waals surface area contributed by atoms with Crippen molar-refractivity contribution >= 4 is 15.9 Å². The van der Waals surface area contributed by atoms with Crippen molar-refractivity contribution in [3.8, 4) is 0 Å². The lowest BCUT2D eigenvalue weighted by Gasteiger charge is -2.33. The normalized spacial score (nSPS) is 26.5. The Bertz CT molecular complexity index is 524. The van der Waals surface area contributed by atoms with E-state index in [1.807, 2.05) is 6.92 Å². The van der Waals surface area contributed by atoms with E-state index in [0.29, 0.717) is 32.1 Å². The van der Waals surface area contributed by atoms with Gasteiger partial charge in [0.1, 0.15) is 0 Å². The van der Waals surface area contributed by atoms with Gasteiger partial charge in [-0.1, -0.05) is 13.3 Å². The van der Waals surface area contributed by atoms with Gasteiger partial charge in [0.15, 0.2) is 0 Å². The Morgan fingerprint density at radius 1 is 1.16 bits per heavy atom. The molecule has 2 atom stereocenters. The van der Waals surface area contributed by atoms with Crippen LogP contribution in [0.4, 0.5) is 0 Å². The monoisotopic (exact) mass is 373 g/mol. The molecule has 0 aromatic rings. The maximum absolute atomic E-state index is 12.4. The summed E-state index contributed by atoms with van der Waals surface area (Å²) in [6, 6.07) is 0.653. The summed E-state index contributed by atoms with van der Waals surface area (Å²) in [7, 11) is -3.20. The lowest BCUT2D eigenvalue weighted by atomic mass is 9.99. The van der Waals surface area contributed by atoms with E-state index in [0.717, 1.165) is 25.8 Å². The van der Waals surface area contributed by atoms with Crippen molar-refractivity contribution < 1.29 is 13.2 Å². The summed E-state index contributed by atoms with van der Waals surface area (Å²) in [5.74, 6) is -0.00703. The van der Waals surface area contributed by atoms with E-state index < -0.39 is 10.0 Å². The van der Waals surface area contributed by atoms with Gasteiger partial charge in [0, 0.05) is 32.2 Å². The summed E-state index contributed by atoms with van der Waals surface area (Å²) in [6.07, 6.45) is 7.01.